The first-order valence-corrected chi connectivity index (χ1v) is 8.09. The quantitative estimate of drug-likeness (QED) is 0.771. The Balaban J connectivity index is 2.14. The zero-order valence-corrected chi connectivity index (χ0v) is 14.3. The number of halogens is 1. The van der Waals surface area contributed by atoms with Gasteiger partial charge in [0.15, 0.2) is 0 Å². The lowest BCUT2D eigenvalue weighted by Crippen LogP contribution is -2.37. The highest BCUT2D eigenvalue weighted by Crippen LogP contribution is 2.35. The van der Waals surface area contributed by atoms with Gasteiger partial charge in [0.05, 0.1) is 23.5 Å². The molecule has 4 heteroatoms. The molecular weight excluding hydrogens is 308 g/mol. The molecule has 0 aromatic heterocycles. The average molecular weight is 327 g/mol. The van der Waals surface area contributed by atoms with Crippen LogP contribution in [0.25, 0.3) is 0 Å². The lowest BCUT2D eigenvalue weighted by Gasteiger charge is -2.26. The van der Waals surface area contributed by atoms with Gasteiger partial charge in [0.25, 0.3) is 0 Å². The third kappa shape index (κ3) is 3.15. The maximum atomic E-state index is 12.8. The highest BCUT2D eigenvalue weighted by molar-refractivity contribution is 6.30. The monoisotopic (exact) mass is 326 g/mol. The Bertz CT molecular complexity index is 778. The first-order valence-electron chi connectivity index (χ1n) is 7.72. The van der Waals surface area contributed by atoms with Gasteiger partial charge >= 0.3 is 0 Å². The number of amides is 1. The molecule has 0 fully saturated rings. The minimum atomic E-state index is 0.0676. The molecule has 1 heterocycles. The average Bonchev–Trinajstić information content (AvgIpc) is 2.63. The van der Waals surface area contributed by atoms with Crippen molar-refractivity contribution in [1.29, 1.82) is 0 Å². The van der Waals surface area contributed by atoms with Gasteiger partial charge < -0.3 is 4.90 Å². The molecular formula is C19H19ClN2O. The Morgan fingerprint density at radius 3 is 2.48 bits per heavy atom. The van der Waals surface area contributed by atoms with Crippen LogP contribution in [0.3, 0.4) is 0 Å². The number of aryl methyl sites for hydroxylation is 1. The molecule has 118 valence electrons. The fourth-order valence-electron chi connectivity index (χ4n) is 2.84. The molecule has 1 aliphatic heterocycles. The lowest BCUT2D eigenvalue weighted by molar-refractivity contribution is -0.117. The van der Waals surface area contributed by atoms with Gasteiger partial charge in [-0.1, -0.05) is 29.8 Å². The Morgan fingerprint density at radius 1 is 1.13 bits per heavy atom. The zero-order valence-electron chi connectivity index (χ0n) is 13.5. The molecule has 0 bridgehead atoms. The Labute approximate surface area is 141 Å². The van der Waals surface area contributed by atoms with E-state index in [1.807, 2.05) is 68.1 Å². The molecule has 1 aliphatic rings. The predicted molar refractivity (Wildman–Crippen MR) is 96.1 cm³/mol. The summed E-state index contributed by atoms with van der Waals surface area (Å²) in [5.41, 5.74) is 4.54. The molecule has 0 unspecified atom stereocenters. The van der Waals surface area contributed by atoms with Crippen LogP contribution < -0.4 is 4.90 Å². The summed E-state index contributed by atoms with van der Waals surface area (Å²) in [4.78, 5) is 19.4. The van der Waals surface area contributed by atoms with Crippen molar-refractivity contribution in [2.24, 2.45) is 4.99 Å². The first kappa shape index (κ1) is 15.8. The molecule has 1 amide bonds. The Hall–Kier alpha value is -2.13. The fraction of sp³-hybridized carbons (Fsp3) is 0.263. The summed E-state index contributed by atoms with van der Waals surface area (Å²) in [5.74, 6) is 0.0676. The fourth-order valence-corrected chi connectivity index (χ4v) is 2.97. The lowest BCUT2D eigenvalue weighted by atomic mass is 10.1. The van der Waals surface area contributed by atoms with Crippen molar-refractivity contribution < 1.29 is 4.79 Å². The number of aliphatic imine (C=N–C) groups is 1. The maximum Gasteiger partial charge on any atom is 0.233 e. The molecule has 2 aromatic carbocycles. The van der Waals surface area contributed by atoms with Gasteiger partial charge in [0, 0.05) is 11.1 Å². The van der Waals surface area contributed by atoms with Crippen molar-refractivity contribution in [3.63, 3.8) is 0 Å². The largest absolute Gasteiger partial charge is 0.307 e. The number of benzene rings is 2. The molecule has 0 saturated carbocycles. The SMILES string of the molecule is Cc1ccc2c(c1)N(C(C)C)C(=O)CC(c1ccc(Cl)cc1)=N2. The van der Waals surface area contributed by atoms with Crippen LogP contribution in [-0.4, -0.2) is 17.7 Å². The molecule has 0 radical (unpaired) electrons. The van der Waals surface area contributed by atoms with Crippen molar-refractivity contribution in [2.45, 2.75) is 33.2 Å². The van der Waals surface area contributed by atoms with Crippen molar-refractivity contribution in [1.82, 2.24) is 0 Å². The molecule has 0 N–H and O–H groups in total. The normalized spacial score (nSPS) is 14.6. The number of rotatable bonds is 2. The van der Waals surface area contributed by atoms with Gasteiger partial charge in [0.1, 0.15) is 0 Å². The maximum absolute atomic E-state index is 12.8. The zero-order chi connectivity index (χ0) is 16.6. The molecule has 0 spiro atoms. The Kier molecular flexibility index (Phi) is 4.22. The van der Waals surface area contributed by atoms with Gasteiger partial charge in [0.2, 0.25) is 5.91 Å². The minimum Gasteiger partial charge on any atom is -0.307 e. The Morgan fingerprint density at radius 2 is 1.83 bits per heavy atom. The highest BCUT2D eigenvalue weighted by atomic mass is 35.5. The second-order valence-corrected chi connectivity index (χ2v) is 6.53. The van der Waals surface area contributed by atoms with Crippen molar-refractivity contribution in [2.75, 3.05) is 4.90 Å². The van der Waals surface area contributed by atoms with Crippen molar-refractivity contribution in [3.05, 3.63) is 58.6 Å². The summed E-state index contributed by atoms with van der Waals surface area (Å²) in [6, 6.07) is 13.6. The van der Waals surface area contributed by atoms with E-state index in [-0.39, 0.29) is 18.4 Å². The third-order valence-electron chi connectivity index (χ3n) is 3.93. The second-order valence-electron chi connectivity index (χ2n) is 6.09. The van der Waals surface area contributed by atoms with Crippen LogP contribution in [0.2, 0.25) is 5.02 Å². The van der Waals surface area contributed by atoms with Crippen LogP contribution in [0, 0.1) is 6.92 Å². The van der Waals surface area contributed by atoms with Crippen LogP contribution in [-0.2, 0) is 4.79 Å². The molecule has 3 rings (SSSR count). The van der Waals surface area contributed by atoms with E-state index in [1.165, 1.54) is 0 Å². The summed E-state index contributed by atoms with van der Waals surface area (Å²) < 4.78 is 0. The predicted octanol–water partition coefficient (Wildman–Crippen LogP) is 4.91. The van der Waals surface area contributed by atoms with E-state index in [2.05, 4.69) is 0 Å². The second kappa shape index (κ2) is 6.17. The van der Waals surface area contributed by atoms with Gasteiger partial charge in [-0.3, -0.25) is 9.79 Å². The summed E-state index contributed by atoms with van der Waals surface area (Å²) in [5, 5.41) is 0.675. The summed E-state index contributed by atoms with van der Waals surface area (Å²) >= 11 is 5.96. The molecule has 23 heavy (non-hydrogen) atoms. The van der Waals surface area contributed by atoms with Gasteiger partial charge in [-0.15, -0.1) is 0 Å². The molecule has 0 saturated heterocycles. The van der Waals surface area contributed by atoms with E-state index in [4.69, 9.17) is 16.6 Å². The molecule has 2 aromatic rings. The minimum absolute atomic E-state index is 0.0676. The molecule has 0 aliphatic carbocycles. The summed E-state index contributed by atoms with van der Waals surface area (Å²) in [6.07, 6.45) is 0.285. The molecule has 0 atom stereocenters. The number of carbonyl (C=O) groups is 1. The van der Waals surface area contributed by atoms with Gasteiger partial charge in [-0.25, -0.2) is 0 Å². The number of fused-ring (bicyclic) bond motifs is 1. The standard InChI is InChI=1S/C19H19ClN2O/c1-12(2)22-18-10-13(3)4-9-16(18)21-17(11-19(22)23)14-5-7-15(20)8-6-14/h4-10,12H,11H2,1-3H3. The van der Waals surface area contributed by atoms with E-state index in [0.717, 1.165) is 28.2 Å². The molecule has 3 nitrogen and oxygen atoms in total. The van der Waals surface area contributed by atoms with Crippen LogP contribution in [0.5, 0.6) is 0 Å². The number of carbonyl (C=O) groups excluding carboxylic acids is 1. The number of hydrogen-bond donors (Lipinski definition) is 0. The van der Waals surface area contributed by atoms with E-state index < -0.39 is 0 Å². The van der Waals surface area contributed by atoms with Crippen molar-refractivity contribution in [3.8, 4) is 0 Å². The van der Waals surface area contributed by atoms with Crippen LogP contribution in [0.15, 0.2) is 47.5 Å². The van der Waals surface area contributed by atoms with Crippen LogP contribution >= 0.6 is 11.6 Å². The van der Waals surface area contributed by atoms with E-state index >= 15 is 0 Å². The van der Waals surface area contributed by atoms with Gasteiger partial charge in [-0.05, 0) is 56.2 Å². The van der Waals surface area contributed by atoms with Crippen LogP contribution in [0.4, 0.5) is 11.4 Å². The highest BCUT2D eigenvalue weighted by Gasteiger charge is 2.26. The van der Waals surface area contributed by atoms with Crippen molar-refractivity contribution >= 4 is 34.6 Å². The van der Waals surface area contributed by atoms with Crippen LogP contribution in [0.1, 0.15) is 31.4 Å². The van der Waals surface area contributed by atoms with E-state index in [1.54, 1.807) is 0 Å². The van der Waals surface area contributed by atoms with E-state index in [0.29, 0.717) is 5.02 Å². The number of hydrogen-bond acceptors (Lipinski definition) is 2. The summed E-state index contributed by atoms with van der Waals surface area (Å²) in [6.45, 7) is 6.08. The topological polar surface area (TPSA) is 32.7 Å². The third-order valence-corrected chi connectivity index (χ3v) is 4.18. The first-order chi connectivity index (χ1) is 11.0. The van der Waals surface area contributed by atoms with Gasteiger partial charge in [-0.2, -0.15) is 0 Å². The number of anilines is 1. The smallest absolute Gasteiger partial charge is 0.233 e. The summed E-state index contributed by atoms with van der Waals surface area (Å²) in [7, 11) is 0. The van der Waals surface area contributed by atoms with E-state index in [9.17, 15) is 4.79 Å². The number of nitrogens with zero attached hydrogens (tertiary/aromatic N) is 2.